The van der Waals surface area contributed by atoms with Crippen LogP contribution in [-0.2, 0) is 4.79 Å². The van der Waals surface area contributed by atoms with Crippen molar-refractivity contribution in [3.05, 3.63) is 24.3 Å². The van der Waals surface area contributed by atoms with Gasteiger partial charge in [-0.1, -0.05) is 269 Å². The van der Waals surface area contributed by atoms with Crippen LogP contribution in [-0.4, -0.2) is 46.1 Å². The number of nitrogens with one attached hydrogen (secondary N) is 1. The number of amides is 1. The van der Waals surface area contributed by atoms with Crippen LogP contribution in [0.5, 0.6) is 0 Å². The number of aliphatic hydroxyl groups is 3. The van der Waals surface area contributed by atoms with Crippen LogP contribution in [0.25, 0.3) is 0 Å². The van der Waals surface area contributed by atoms with Gasteiger partial charge < -0.3 is 20.6 Å². The summed E-state index contributed by atoms with van der Waals surface area (Å²) in [4.78, 5) is 12.5. The minimum atomic E-state index is -1.07. The molecule has 0 spiro atoms. The SMILES string of the molecule is CCCCCCCCCCCCC/C=C\C/C=C\CCCCCCCCCCCCCCCCCCC(O)C(=O)NC(CO)C(O)CCCCCCCCCCCCC. The minimum absolute atomic E-state index is 0.311. The van der Waals surface area contributed by atoms with E-state index in [1.165, 1.54) is 225 Å². The van der Waals surface area contributed by atoms with Crippen molar-refractivity contribution in [1.82, 2.24) is 5.32 Å². The maximum Gasteiger partial charge on any atom is 0.249 e. The van der Waals surface area contributed by atoms with E-state index in [9.17, 15) is 20.1 Å². The Balaban J connectivity index is 3.47. The van der Waals surface area contributed by atoms with Crippen molar-refractivity contribution in [2.45, 2.75) is 308 Å². The van der Waals surface area contributed by atoms with Gasteiger partial charge in [0, 0.05) is 0 Å². The summed E-state index contributed by atoms with van der Waals surface area (Å²) in [6.07, 6.45) is 62.3. The van der Waals surface area contributed by atoms with Crippen molar-refractivity contribution in [2.75, 3.05) is 6.61 Å². The zero-order valence-corrected chi connectivity index (χ0v) is 39.9. The summed E-state index contributed by atoms with van der Waals surface area (Å²) in [6.45, 7) is 4.24. The van der Waals surface area contributed by atoms with Gasteiger partial charge in [-0.25, -0.2) is 0 Å². The molecule has 350 valence electrons. The summed E-state index contributed by atoms with van der Waals surface area (Å²) in [5, 5.41) is 33.3. The molecule has 0 aromatic rings. The summed E-state index contributed by atoms with van der Waals surface area (Å²) in [5.41, 5.74) is 0. The fourth-order valence-corrected chi connectivity index (χ4v) is 8.40. The van der Waals surface area contributed by atoms with E-state index < -0.39 is 24.2 Å². The number of rotatable bonds is 49. The van der Waals surface area contributed by atoms with E-state index in [0.717, 1.165) is 38.5 Å². The number of aliphatic hydroxyl groups excluding tert-OH is 3. The predicted molar refractivity (Wildman–Crippen MR) is 259 cm³/mol. The molecule has 0 aliphatic rings. The second-order valence-corrected chi connectivity index (χ2v) is 18.4. The highest BCUT2D eigenvalue weighted by molar-refractivity contribution is 5.80. The Morgan fingerprint density at radius 2 is 0.695 bits per heavy atom. The highest BCUT2D eigenvalue weighted by Gasteiger charge is 2.23. The van der Waals surface area contributed by atoms with Gasteiger partial charge in [-0.15, -0.1) is 0 Å². The molecule has 0 radical (unpaired) electrons. The number of carbonyl (C=O) groups excluding carboxylic acids is 1. The molecule has 0 heterocycles. The Morgan fingerprint density at radius 3 is 1.02 bits per heavy atom. The lowest BCUT2D eigenvalue weighted by Gasteiger charge is -2.23. The largest absolute Gasteiger partial charge is 0.394 e. The van der Waals surface area contributed by atoms with Crippen molar-refractivity contribution in [3.63, 3.8) is 0 Å². The molecule has 0 aliphatic carbocycles. The average Bonchev–Trinajstić information content (AvgIpc) is 3.24. The van der Waals surface area contributed by atoms with Crippen LogP contribution in [0.3, 0.4) is 0 Å². The molecule has 0 saturated carbocycles. The Morgan fingerprint density at radius 1 is 0.407 bits per heavy atom. The van der Waals surface area contributed by atoms with E-state index in [1.54, 1.807) is 0 Å². The van der Waals surface area contributed by atoms with E-state index in [1.807, 2.05) is 0 Å². The average molecular weight is 832 g/mol. The summed E-state index contributed by atoms with van der Waals surface area (Å²) in [5.74, 6) is -0.469. The molecule has 5 nitrogen and oxygen atoms in total. The number of hydrogen-bond acceptors (Lipinski definition) is 4. The second-order valence-electron chi connectivity index (χ2n) is 18.4. The van der Waals surface area contributed by atoms with E-state index in [-0.39, 0.29) is 6.61 Å². The first-order valence-electron chi connectivity index (χ1n) is 26.6. The molecule has 1 amide bonds. The Bertz CT molecular complexity index is 874. The molecule has 0 aromatic carbocycles. The lowest BCUT2D eigenvalue weighted by Crippen LogP contribution is -2.49. The molecule has 0 aromatic heterocycles. The van der Waals surface area contributed by atoms with Crippen molar-refractivity contribution in [1.29, 1.82) is 0 Å². The topological polar surface area (TPSA) is 89.8 Å². The van der Waals surface area contributed by atoms with E-state index >= 15 is 0 Å². The fraction of sp³-hybridized carbons (Fsp3) is 0.907. The third-order valence-electron chi connectivity index (χ3n) is 12.6. The number of allylic oxidation sites excluding steroid dienone is 4. The van der Waals surface area contributed by atoms with Gasteiger partial charge in [-0.05, 0) is 44.9 Å². The molecule has 0 fully saturated rings. The van der Waals surface area contributed by atoms with Crippen LogP contribution in [0.15, 0.2) is 24.3 Å². The quantitative estimate of drug-likeness (QED) is 0.0363. The Labute approximate surface area is 369 Å². The van der Waals surface area contributed by atoms with E-state index in [4.69, 9.17) is 0 Å². The van der Waals surface area contributed by atoms with Crippen molar-refractivity contribution in [3.8, 4) is 0 Å². The van der Waals surface area contributed by atoms with Crippen LogP contribution in [0.2, 0.25) is 0 Å². The van der Waals surface area contributed by atoms with Crippen LogP contribution in [0.1, 0.15) is 290 Å². The van der Waals surface area contributed by atoms with Crippen LogP contribution in [0, 0.1) is 0 Å². The van der Waals surface area contributed by atoms with Crippen LogP contribution in [0.4, 0.5) is 0 Å². The molecule has 0 aliphatic heterocycles. The van der Waals surface area contributed by atoms with Gasteiger partial charge in [0.05, 0.1) is 18.8 Å². The monoisotopic (exact) mass is 832 g/mol. The summed E-state index contributed by atoms with van der Waals surface area (Å²) < 4.78 is 0. The zero-order valence-electron chi connectivity index (χ0n) is 39.9. The normalized spacial score (nSPS) is 13.5. The maximum absolute atomic E-state index is 12.5. The third-order valence-corrected chi connectivity index (χ3v) is 12.6. The number of carbonyl (C=O) groups is 1. The predicted octanol–water partition coefficient (Wildman–Crippen LogP) is 16.1. The highest BCUT2D eigenvalue weighted by atomic mass is 16.3. The Kier molecular flexibility index (Phi) is 48.5. The van der Waals surface area contributed by atoms with Gasteiger partial charge in [0.15, 0.2) is 0 Å². The maximum atomic E-state index is 12.5. The van der Waals surface area contributed by atoms with Gasteiger partial charge in [0.1, 0.15) is 6.10 Å². The van der Waals surface area contributed by atoms with E-state index in [2.05, 4.69) is 43.5 Å². The molecule has 3 atom stereocenters. The van der Waals surface area contributed by atoms with Gasteiger partial charge in [0.25, 0.3) is 0 Å². The molecule has 0 bridgehead atoms. The lowest BCUT2D eigenvalue weighted by molar-refractivity contribution is -0.131. The third kappa shape index (κ3) is 44.7. The molecule has 0 saturated heterocycles. The summed E-state index contributed by atoms with van der Waals surface area (Å²) in [6, 6.07) is -0.709. The summed E-state index contributed by atoms with van der Waals surface area (Å²) >= 11 is 0. The first kappa shape index (κ1) is 57.8. The molecule has 5 heteroatoms. The van der Waals surface area contributed by atoms with Crippen LogP contribution >= 0.6 is 0 Å². The zero-order chi connectivity index (χ0) is 43.0. The van der Waals surface area contributed by atoms with Crippen LogP contribution < -0.4 is 5.32 Å². The van der Waals surface area contributed by atoms with Crippen molar-refractivity contribution < 1.29 is 20.1 Å². The minimum Gasteiger partial charge on any atom is -0.394 e. The lowest BCUT2D eigenvalue weighted by atomic mass is 10.0. The first-order chi connectivity index (χ1) is 29.1. The number of unbranched alkanes of at least 4 members (excludes halogenated alkanes) is 37. The van der Waals surface area contributed by atoms with Gasteiger partial charge in [-0.3, -0.25) is 4.79 Å². The standard InChI is InChI=1S/C54H105NO4/c1-3-5-7-9-11-13-15-16-17-18-19-20-21-22-23-24-25-26-27-28-29-30-31-32-33-34-35-36-37-39-41-43-45-47-49-53(58)54(59)55-51(50-56)52(57)48-46-44-42-40-38-14-12-10-8-6-4-2/h21-22,24-25,51-53,56-58H,3-20,23,26-50H2,1-2H3,(H,55,59)/b22-21-,25-24-. The number of hydrogen-bond donors (Lipinski definition) is 4. The van der Waals surface area contributed by atoms with Gasteiger partial charge in [-0.2, -0.15) is 0 Å². The van der Waals surface area contributed by atoms with Crippen molar-refractivity contribution in [2.24, 2.45) is 0 Å². The van der Waals surface area contributed by atoms with Crippen molar-refractivity contribution >= 4 is 5.91 Å². The molecule has 0 rings (SSSR count). The Hall–Kier alpha value is -1.17. The van der Waals surface area contributed by atoms with E-state index in [0.29, 0.717) is 12.8 Å². The highest BCUT2D eigenvalue weighted by Crippen LogP contribution is 2.17. The van der Waals surface area contributed by atoms with Gasteiger partial charge >= 0.3 is 0 Å². The molecular formula is C54H105NO4. The summed E-state index contributed by atoms with van der Waals surface area (Å²) in [7, 11) is 0. The molecular weight excluding hydrogens is 727 g/mol. The fourth-order valence-electron chi connectivity index (χ4n) is 8.40. The molecule has 3 unspecified atom stereocenters. The smallest absolute Gasteiger partial charge is 0.249 e. The molecule has 4 N–H and O–H groups in total. The van der Waals surface area contributed by atoms with Gasteiger partial charge in [0.2, 0.25) is 5.91 Å². The molecule has 59 heavy (non-hydrogen) atoms. The second kappa shape index (κ2) is 49.5. The first-order valence-corrected chi connectivity index (χ1v) is 26.6.